The van der Waals surface area contributed by atoms with E-state index in [1.807, 2.05) is 7.05 Å². The van der Waals surface area contributed by atoms with Crippen LogP contribution < -0.4 is 5.56 Å². The van der Waals surface area contributed by atoms with E-state index in [4.69, 9.17) is 4.74 Å². The summed E-state index contributed by atoms with van der Waals surface area (Å²) in [5.41, 5.74) is 0.293. The van der Waals surface area contributed by atoms with E-state index in [1.54, 1.807) is 24.1 Å². The quantitative estimate of drug-likeness (QED) is 0.793. The lowest BCUT2D eigenvalue weighted by Gasteiger charge is -2.40. The SMILES string of the molecule is Cc1ccn(-c2ccc(F)cc2)c(=O)c1C(=O)N1C[C@H]2O[C@@]3(CN(C)C[C@@H]3[C@@H]2CO)C1. The Balaban J connectivity index is 1.50. The minimum absolute atomic E-state index is 0.0181. The highest BCUT2D eigenvalue weighted by atomic mass is 19.1. The summed E-state index contributed by atoms with van der Waals surface area (Å²) >= 11 is 0. The van der Waals surface area contributed by atoms with Crippen molar-refractivity contribution < 1.29 is 19.0 Å². The number of fused-ring (bicyclic) bond motifs is 1. The number of carbonyl (C=O) groups is 1. The van der Waals surface area contributed by atoms with Crippen LogP contribution in [0.2, 0.25) is 0 Å². The van der Waals surface area contributed by atoms with Crippen LogP contribution in [0.5, 0.6) is 0 Å². The fourth-order valence-corrected chi connectivity index (χ4v) is 5.67. The van der Waals surface area contributed by atoms with Gasteiger partial charge in [-0.25, -0.2) is 4.39 Å². The number of benzene rings is 1. The van der Waals surface area contributed by atoms with E-state index in [9.17, 15) is 19.1 Å². The fraction of sp³-hybridized carbons (Fsp3) is 0.478. The lowest BCUT2D eigenvalue weighted by molar-refractivity contribution is -0.107. The van der Waals surface area contributed by atoms with Gasteiger partial charge in [0.05, 0.1) is 12.6 Å². The normalized spacial score (nSPS) is 29.9. The lowest BCUT2D eigenvalue weighted by atomic mass is 9.83. The second-order valence-corrected chi connectivity index (χ2v) is 9.08. The fourth-order valence-electron chi connectivity index (χ4n) is 5.67. The molecule has 3 saturated heterocycles. The van der Waals surface area contributed by atoms with Crippen molar-refractivity contribution in [2.45, 2.75) is 18.6 Å². The van der Waals surface area contributed by atoms with Crippen LogP contribution in [0, 0.1) is 24.6 Å². The van der Waals surface area contributed by atoms with Gasteiger partial charge >= 0.3 is 0 Å². The first kappa shape index (κ1) is 20.4. The molecular formula is C23H26FN3O4. The molecule has 31 heavy (non-hydrogen) atoms. The third-order valence-electron chi connectivity index (χ3n) is 7.08. The van der Waals surface area contributed by atoms with Gasteiger partial charge in [-0.1, -0.05) is 0 Å². The van der Waals surface area contributed by atoms with Crippen LogP contribution in [0.4, 0.5) is 4.39 Å². The molecule has 3 aliphatic heterocycles. The van der Waals surface area contributed by atoms with Crippen LogP contribution in [0.15, 0.2) is 41.3 Å². The van der Waals surface area contributed by atoms with Gasteiger partial charge in [0, 0.05) is 50.0 Å². The smallest absolute Gasteiger partial charge is 0.268 e. The van der Waals surface area contributed by atoms with Crippen molar-refractivity contribution in [2.24, 2.45) is 11.8 Å². The monoisotopic (exact) mass is 427 g/mol. The molecule has 0 aliphatic carbocycles. The number of amides is 1. The molecule has 1 amide bonds. The molecule has 1 spiro atoms. The molecule has 4 atom stereocenters. The molecule has 1 aromatic carbocycles. The predicted molar refractivity (Wildman–Crippen MR) is 112 cm³/mol. The Labute approximate surface area is 179 Å². The minimum atomic E-state index is -0.501. The number of rotatable bonds is 3. The summed E-state index contributed by atoms with van der Waals surface area (Å²) in [5.74, 6) is -0.565. The number of nitrogens with zero attached hydrogens (tertiary/aromatic N) is 3. The van der Waals surface area contributed by atoms with Gasteiger partial charge < -0.3 is 19.6 Å². The second-order valence-electron chi connectivity index (χ2n) is 9.08. The summed E-state index contributed by atoms with van der Waals surface area (Å²) in [7, 11) is 2.02. The third-order valence-corrected chi connectivity index (χ3v) is 7.08. The minimum Gasteiger partial charge on any atom is -0.396 e. The van der Waals surface area contributed by atoms with Crippen LogP contribution in [0.1, 0.15) is 15.9 Å². The van der Waals surface area contributed by atoms with Crippen LogP contribution in [-0.2, 0) is 4.74 Å². The Morgan fingerprint density at radius 3 is 2.68 bits per heavy atom. The van der Waals surface area contributed by atoms with Gasteiger partial charge in [-0.05, 0) is 49.9 Å². The van der Waals surface area contributed by atoms with E-state index in [2.05, 4.69) is 4.90 Å². The van der Waals surface area contributed by atoms with Gasteiger partial charge in [-0.3, -0.25) is 14.2 Å². The van der Waals surface area contributed by atoms with Gasteiger partial charge in [0.25, 0.3) is 11.5 Å². The van der Waals surface area contributed by atoms with Crippen molar-refractivity contribution >= 4 is 5.91 Å². The van der Waals surface area contributed by atoms with E-state index < -0.39 is 17.0 Å². The summed E-state index contributed by atoms with van der Waals surface area (Å²) < 4.78 is 21.0. The molecule has 8 heteroatoms. The molecule has 1 aromatic heterocycles. The second kappa shape index (κ2) is 7.25. The molecular weight excluding hydrogens is 401 g/mol. The maximum atomic E-state index is 13.6. The Bertz CT molecular complexity index is 1090. The maximum absolute atomic E-state index is 13.6. The number of ether oxygens (including phenoxy) is 1. The van der Waals surface area contributed by atoms with Gasteiger partial charge in [-0.15, -0.1) is 0 Å². The lowest BCUT2D eigenvalue weighted by Crippen LogP contribution is -2.56. The molecule has 1 N–H and O–H groups in total. The standard InChI is InChI=1S/C23H26FN3O4/c1-14-7-8-27(16-5-3-15(24)4-6-16)22(30)20(14)21(29)26-10-19-17(11-28)18-9-25(2)12-23(18,13-26)31-19/h3-8,17-19,28H,9-13H2,1-2H3/t17-,18+,19+,23-/m0/s1. The van der Waals surface area contributed by atoms with E-state index in [0.717, 1.165) is 6.54 Å². The first-order valence-electron chi connectivity index (χ1n) is 10.6. The molecule has 3 fully saturated rings. The van der Waals surface area contributed by atoms with E-state index >= 15 is 0 Å². The zero-order valence-corrected chi connectivity index (χ0v) is 17.6. The van der Waals surface area contributed by atoms with Crippen molar-refractivity contribution in [3.63, 3.8) is 0 Å². The first-order chi connectivity index (χ1) is 14.8. The third kappa shape index (κ3) is 3.12. The van der Waals surface area contributed by atoms with E-state index in [0.29, 0.717) is 30.9 Å². The highest BCUT2D eigenvalue weighted by Gasteiger charge is 2.62. The number of pyridine rings is 1. The largest absolute Gasteiger partial charge is 0.396 e. The Hall–Kier alpha value is -2.55. The number of aromatic nitrogens is 1. The number of hydrogen-bond donors (Lipinski definition) is 1. The molecule has 164 valence electrons. The highest BCUT2D eigenvalue weighted by molar-refractivity contribution is 5.95. The average molecular weight is 427 g/mol. The topological polar surface area (TPSA) is 75.0 Å². The average Bonchev–Trinajstić information content (AvgIpc) is 3.13. The van der Waals surface area contributed by atoms with E-state index in [-0.39, 0.29) is 36.0 Å². The van der Waals surface area contributed by atoms with Gasteiger partial charge in [0.2, 0.25) is 0 Å². The number of likely N-dealkylation sites (N-methyl/N-ethyl adjacent to an activating group) is 1. The number of likely N-dealkylation sites (tertiary alicyclic amines) is 2. The van der Waals surface area contributed by atoms with Crippen LogP contribution in [0.3, 0.4) is 0 Å². The van der Waals surface area contributed by atoms with Crippen molar-refractivity contribution in [1.29, 1.82) is 0 Å². The summed E-state index contributed by atoms with van der Waals surface area (Å²) in [6.45, 7) is 4.05. The number of morpholine rings is 1. The van der Waals surface area contributed by atoms with Gasteiger partial charge in [-0.2, -0.15) is 0 Å². The summed E-state index contributed by atoms with van der Waals surface area (Å²) in [6.07, 6.45) is 1.37. The van der Waals surface area contributed by atoms with Crippen LogP contribution >= 0.6 is 0 Å². The van der Waals surface area contributed by atoms with Crippen LogP contribution in [0.25, 0.3) is 5.69 Å². The van der Waals surface area contributed by atoms with Gasteiger partial charge in [0.1, 0.15) is 17.0 Å². The summed E-state index contributed by atoms with van der Waals surface area (Å²) in [5, 5.41) is 9.97. The van der Waals surface area contributed by atoms with Gasteiger partial charge in [0.15, 0.2) is 0 Å². The zero-order chi connectivity index (χ0) is 21.9. The molecule has 0 radical (unpaired) electrons. The number of aliphatic hydroxyl groups is 1. The molecule has 0 unspecified atom stereocenters. The highest BCUT2D eigenvalue weighted by Crippen LogP contribution is 2.48. The Morgan fingerprint density at radius 1 is 1.23 bits per heavy atom. The predicted octanol–water partition coefficient (Wildman–Crippen LogP) is 1.05. The number of halogens is 1. The maximum Gasteiger partial charge on any atom is 0.268 e. The molecule has 2 bridgehead atoms. The Morgan fingerprint density at radius 2 is 1.97 bits per heavy atom. The van der Waals surface area contributed by atoms with E-state index in [1.165, 1.54) is 28.8 Å². The number of aliphatic hydroxyl groups excluding tert-OH is 1. The number of aryl methyl sites for hydroxylation is 1. The molecule has 0 saturated carbocycles. The molecule has 3 aliphatic rings. The van der Waals surface area contributed by atoms with Crippen molar-refractivity contribution in [3.8, 4) is 5.69 Å². The van der Waals surface area contributed by atoms with Crippen molar-refractivity contribution in [3.05, 3.63) is 63.8 Å². The summed E-state index contributed by atoms with van der Waals surface area (Å²) in [6, 6.07) is 7.33. The summed E-state index contributed by atoms with van der Waals surface area (Å²) in [4.78, 5) is 30.7. The number of hydrogen-bond acceptors (Lipinski definition) is 5. The molecule has 2 aromatic rings. The van der Waals surface area contributed by atoms with Crippen molar-refractivity contribution in [2.75, 3.05) is 39.8 Å². The molecule has 4 heterocycles. The van der Waals surface area contributed by atoms with Crippen molar-refractivity contribution in [1.82, 2.24) is 14.4 Å². The molecule has 5 rings (SSSR count). The zero-order valence-electron chi connectivity index (χ0n) is 17.6. The van der Waals surface area contributed by atoms with Crippen LogP contribution in [-0.4, -0.2) is 76.9 Å². The first-order valence-corrected chi connectivity index (χ1v) is 10.6. The number of carbonyl (C=O) groups excluding carboxylic acids is 1. The Kier molecular flexibility index (Phi) is 4.76. The molecule has 7 nitrogen and oxygen atoms in total.